The van der Waals surface area contributed by atoms with Gasteiger partial charge in [0, 0.05) is 0 Å². The standard InChI is InChI=1S/C30H51N3O40S5/c31-7-12(36)16(5(63-26(7)44)2-61-75(48,49)50)66-30-21(73-78(57,58)59)15(39)20(23(71-30)25(42)43)69-28-9(33)18(72-77(54,55)56)17(6(65-28)3-62-76(51,52)53)67-29-14(38)13(37)19(22(70-29)24(40)41)68-27-8(32)11(35)10(34)4(64-27)1-60-74(45,46)47/h4-23,26-30,34-39,44H,1-3,31-33H2,(H,40,41)(H,42,43)(H,45,46,47)(H,48,49,50)(H,51,52,53)(H,54,55,56)(H,57,58,59)/t4-,5-,6-,7-,8-,9-,10-,11-,12-,13-,14-,15+,16-,17-,18-,19+,20+,21-,22+,23-,26+,27-,28-,29-,30-/m1/s1. The number of carbonyl (C=O) groups is 2. The maximum absolute atomic E-state index is 12.7. The van der Waals surface area contributed by atoms with Gasteiger partial charge in [-0.1, -0.05) is 0 Å². The molecule has 0 amide bonds. The van der Waals surface area contributed by atoms with E-state index in [1.54, 1.807) is 0 Å². The number of nitrogens with two attached hydrogens (primary N) is 3. The Balaban J connectivity index is 1.47. The molecule has 0 saturated carbocycles. The van der Waals surface area contributed by atoms with Gasteiger partial charge >= 0.3 is 63.9 Å². The monoisotopic (exact) mass is 1250 g/mol. The third kappa shape index (κ3) is 17.3. The molecule has 0 aromatic heterocycles. The SMILES string of the molecule is N[C@@H]1[C@@H](O)[C@H](O[C@@H]2O[C@@H](C(=O)O)[C@@H](O[C@H]3O[C@H](COS(=O)(=O)O)[C@@H](O[C@@H]4O[C@H](C(=O)O)[C@@H](O[C@H]5O[C@H](COS(=O)(=O)O)[C@@H](O)[C@H](O)[C@H]5N)[C@H](O)[C@H]4O)[C@H](OS(=O)(=O)O)[C@H]3N)[C@H](O)[C@H]2OS(=O)(=O)O)[C@@H](COS(=O)(=O)O)O[C@@H]1O. The van der Waals surface area contributed by atoms with E-state index >= 15 is 0 Å². The fourth-order valence-electron chi connectivity index (χ4n) is 7.98. The summed E-state index contributed by atoms with van der Waals surface area (Å²) in [5.41, 5.74) is 17.7. The minimum absolute atomic E-state index is 1.25. The van der Waals surface area contributed by atoms with Crippen molar-refractivity contribution in [1.82, 2.24) is 0 Å². The van der Waals surface area contributed by atoms with Gasteiger partial charge in [0.25, 0.3) is 0 Å². The molecule has 0 radical (unpaired) electrons. The van der Waals surface area contributed by atoms with Crippen LogP contribution < -0.4 is 17.2 Å². The van der Waals surface area contributed by atoms with Crippen molar-refractivity contribution in [3.8, 4) is 0 Å². The van der Waals surface area contributed by atoms with Crippen LogP contribution in [0.1, 0.15) is 0 Å². The molecule has 0 aromatic rings. The van der Waals surface area contributed by atoms with Crippen LogP contribution >= 0.6 is 0 Å². The largest absolute Gasteiger partial charge is 0.479 e. The molecule has 43 nitrogen and oxygen atoms in total. The average molecular weight is 1250 g/mol. The summed E-state index contributed by atoms with van der Waals surface area (Å²) in [5.74, 6) is -4.40. The highest BCUT2D eigenvalue weighted by Crippen LogP contribution is 2.37. The summed E-state index contributed by atoms with van der Waals surface area (Å²) >= 11 is 0. The van der Waals surface area contributed by atoms with E-state index in [1.165, 1.54) is 0 Å². The number of ether oxygens (including phenoxy) is 9. The number of carboxylic acid groups (broad SMARTS) is 2. The maximum atomic E-state index is 12.7. The first-order chi connectivity index (χ1) is 35.6. The Morgan fingerprint density at radius 1 is 0.372 bits per heavy atom. The second kappa shape index (κ2) is 25.6. The zero-order chi connectivity index (χ0) is 59.1. The van der Waals surface area contributed by atoms with Gasteiger partial charge in [0.05, 0.1) is 37.9 Å². The quantitative estimate of drug-likeness (QED) is 0.0422. The Hall–Kier alpha value is -2.47. The summed E-state index contributed by atoms with van der Waals surface area (Å²) in [5, 5.41) is 96.1. The molecule has 5 aliphatic rings. The maximum Gasteiger partial charge on any atom is 0.397 e. The molecule has 0 aliphatic carbocycles. The summed E-state index contributed by atoms with van der Waals surface area (Å²) in [6.07, 6.45) is -55.2. The Kier molecular flexibility index (Phi) is 21.7. The van der Waals surface area contributed by atoms with Crippen LogP contribution in [0.25, 0.3) is 0 Å². The average Bonchev–Trinajstić information content (AvgIpc) is 3.29. The molecular weight excluding hydrogens is 1200 g/mol. The first kappa shape index (κ1) is 66.3. The third-order valence-corrected chi connectivity index (χ3v) is 13.7. The van der Waals surface area contributed by atoms with Crippen molar-refractivity contribution in [1.29, 1.82) is 0 Å². The van der Waals surface area contributed by atoms with E-state index in [2.05, 4.69) is 20.9 Å². The molecule has 0 aromatic carbocycles. The van der Waals surface area contributed by atoms with Crippen LogP contribution in [-0.2, 0) is 125 Å². The summed E-state index contributed by atoms with van der Waals surface area (Å²) in [6, 6.07) is -6.36. The van der Waals surface area contributed by atoms with Gasteiger partial charge in [-0.25, -0.2) is 30.5 Å². The Morgan fingerprint density at radius 3 is 1.24 bits per heavy atom. The topological polar surface area (TPSA) is 695 Å². The molecule has 5 fully saturated rings. The molecule has 20 N–H and O–H groups in total. The smallest absolute Gasteiger partial charge is 0.397 e. The molecule has 5 saturated heterocycles. The molecule has 78 heavy (non-hydrogen) atoms. The Bertz CT molecular complexity index is 2660. The first-order valence-electron chi connectivity index (χ1n) is 21.1. The summed E-state index contributed by atoms with van der Waals surface area (Å²) in [6.45, 7) is -4.32. The van der Waals surface area contributed by atoms with Crippen molar-refractivity contribution < 1.29 is 184 Å². The number of aliphatic hydroxyl groups is 7. The first-order valence-corrected chi connectivity index (χ1v) is 28.0. The molecular formula is C30H51N3O40S5. The van der Waals surface area contributed by atoms with Gasteiger partial charge in [0.2, 0.25) is 0 Å². The van der Waals surface area contributed by atoms with Crippen LogP contribution in [-0.4, -0.2) is 296 Å². The molecule has 456 valence electrons. The van der Waals surface area contributed by atoms with Gasteiger partial charge < -0.3 is 106 Å². The minimum Gasteiger partial charge on any atom is -0.479 e. The second-order valence-electron chi connectivity index (χ2n) is 16.9. The summed E-state index contributed by atoms with van der Waals surface area (Å²) in [7, 11) is -28.1. The van der Waals surface area contributed by atoms with Gasteiger partial charge in [-0.2, -0.15) is 42.1 Å². The highest BCUT2D eigenvalue weighted by molar-refractivity contribution is 7.81. The predicted octanol–water partition coefficient (Wildman–Crippen LogP) is -12.7. The lowest BCUT2D eigenvalue weighted by atomic mass is 9.94. The third-order valence-electron chi connectivity index (χ3n) is 11.5. The lowest BCUT2D eigenvalue weighted by Gasteiger charge is -2.50. The van der Waals surface area contributed by atoms with Crippen LogP contribution in [0.15, 0.2) is 0 Å². The number of hydrogen-bond donors (Lipinski definition) is 17. The summed E-state index contributed by atoms with van der Waals surface area (Å²) in [4.78, 5) is 25.3. The van der Waals surface area contributed by atoms with Crippen LogP contribution in [0.2, 0.25) is 0 Å². The second-order valence-corrected chi connectivity index (χ2v) is 22.2. The molecule has 0 spiro atoms. The zero-order valence-corrected chi connectivity index (χ0v) is 42.3. The zero-order valence-electron chi connectivity index (χ0n) is 38.2. The van der Waals surface area contributed by atoms with Crippen molar-refractivity contribution in [3.63, 3.8) is 0 Å². The van der Waals surface area contributed by atoms with E-state index in [0.717, 1.165) is 0 Å². The molecule has 5 heterocycles. The van der Waals surface area contributed by atoms with Crippen molar-refractivity contribution in [3.05, 3.63) is 0 Å². The Labute approximate surface area is 437 Å². The van der Waals surface area contributed by atoms with Gasteiger partial charge in [0.1, 0.15) is 85.5 Å². The Morgan fingerprint density at radius 2 is 0.769 bits per heavy atom. The number of aliphatic carboxylic acids is 2. The highest BCUT2D eigenvalue weighted by atomic mass is 32.3. The fourth-order valence-corrected chi connectivity index (χ4v) is 9.91. The van der Waals surface area contributed by atoms with Crippen LogP contribution in [0.4, 0.5) is 0 Å². The van der Waals surface area contributed by atoms with E-state index in [4.69, 9.17) is 68.9 Å². The van der Waals surface area contributed by atoms with Crippen molar-refractivity contribution in [2.75, 3.05) is 19.8 Å². The van der Waals surface area contributed by atoms with Crippen molar-refractivity contribution in [2.45, 2.75) is 153 Å². The van der Waals surface area contributed by atoms with Gasteiger partial charge in [-0.05, 0) is 0 Å². The predicted molar refractivity (Wildman–Crippen MR) is 226 cm³/mol. The number of aliphatic hydroxyl groups excluding tert-OH is 7. The normalized spacial score (nSPS) is 42.5. The van der Waals surface area contributed by atoms with Gasteiger partial charge in [-0.15, -0.1) is 0 Å². The number of hydrogen-bond acceptors (Lipinski definition) is 36. The molecule has 0 bridgehead atoms. The van der Waals surface area contributed by atoms with E-state index in [9.17, 15) is 111 Å². The van der Waals surface area contributed by atoms with Crippen molar-refractivity contribution >= 4 is 63.9 Å². The number of rotatable bonds is 23. The van der Waals surface area contributed by atoms with Gasteiger partial charge in [-0.3, -0.25) is 22.8 Å². The molecule has 48 heteroatoms. The molecule has 5 rings (SSSR count). The van der Waals surface area contributed by atoms with Gasteiger partial charge in [0.15, 0.2) is 49.8 Å². The van der Waals surface area contributed by atoms with E-state index in [-0.39, 0.29) is 0 Å². The lowest BCUT2D eigenvalue weighted by molar-refractivity contribution is -0.371. The minimum atomic E-state index is -5.95. The molecule has 5 aliphatic heterocycles. The lowest BCUT2D eigenvalue weighted by Crippen LogP contribution is -2.70. The van der Waals surface area contributed by atoms with Crippen LogP contribution in [0.5, 0.6) is 0 Å². The van der Waals surface area contributed by atoms with E-state index < -0.39 is 237 Å². The summed E-state index contributed by atoms with van der Waals surface area (Å²) < 4.78 is 234. The van der Waals surface area contributed by atoms with Crippen molar-refractivity contribution in [2.24, 2.45) is 17.2 Å². The molecule has 0 unspecified atom stereocenters. The van der Waals surface area contributed by atoms with E-state index in [0.29, 0.717) is 0 Å². The highest BCUT2D eigenvalue weighted by Gasteiger charge is 2.60. The van der Waals surface area contributed by atoms with Crippen LogP contribution in [0.3, 0.4) is 0 Å². The van der Waals surface area contributed by atoms with Crippen LogP contribution in [0, 0.1) is 0 Å². The molecule has 25 atom stereocenters. The number of carboxylic acids is 2. The van der Waals surface area contributed by atoms with E-state index in [1.807, 2.05) is 0 Å². The fraction of sp³-hybridized carbons (Fsp3) is 0.933.